The van der Waals surface area contributed by atoms with Gasteiger partial charge in [-0.15, -0.1) is 0 Å². The topological polar surface area (TPSA) is 67.0 Å². The van der Waals surface area contributed by atoms with Gasteiger partial charge in [-0.1, -0.05) is 0 Å². The van der Waals surface area contributed by atoms with Crippen LogP contribution in [0.25, 0.3) is 0 Å². The first-order valence-electron chi connectivity index (χ1n) is 4.33. The van der Waals surface area contributed by atoms with Crippen LogP contribution in [0.3, 0.4) is 0 Å². The summed E-state index contributed by atoms with van der Waals surface area (Å²) in [5.74, 6) is 0.155. The predicted molar refractivity (Wildman–Crippen MR) is 48.7 cm³/mol. The second kappa shape index (κ2) is 6.07. The van der Waals surface area contributed by atoms with Crippen molar-refractivity contribution < 1.29 is 18.3 Å². The molecular formula is C8H11F2N3O2. The molecule has 0 saturated carbocycles. The Morgan fingerprint density at radius 1 is 1.67 bits per heavy atom. The van der Waals surface area contributed by atoms with Crippen molar-refractivity contribution in [1.29, 1.82) is 0 Å². The average Bonchev–Trinajstić information content (AvgIpc) is 2.64. The van der Waals surface area contributed by atoms with Gasteiger partial charge in [-0.05, 0) is 0 Å². The largest absolute Gasteiger partial charge is 0.375 e. The van der Waals surface area contributed by atoms with Crippen LogP contribution in [0.15, 0.2) is 12.3 Å². The van der Waals surface area contributed by atoms with Crippen molar-refractivity contribution in [3.63, 3.8) is 0 Å². The molecule has 0 unspecified atom stereocenters. The quantitative estimate of drug-likeness (QED) is 0.702. The number of alkyl halides is 2. The maximum Gasteiger partial charge on any atom is 0.261 e. The fraction of sp³-hybridized carbons (Fsp3) is 0.500. The van der Waals surface area contributed by atoms with Crippen molar-refractivity contribution in [2.45, 2.75) is 12.8 Å². The summed E-state index contributed by atoms with van der Waals surface area (Å²) >= 11 is 0. The Labute approximate surface area is 84.8 Å². The van der Waals surface area contributed by atoms with Crippen LogP contribution in [-0.2, 0) is 9.53 Å². The van der Waals surface area contributed by atoms with Gasteiger partial charge < -0.3 is 10.1 Å². The van der Waals surface area contributed by atoms with Gasteiger partial charge >= 0.3 is 0 Å². The number of hydrogen-bond donors (Lipinski definition) is 2. The third-order valence-electron chi connectivity index (χ3n) is 1.49. The molecule has 1 amide bonds. The molecule has 0 aliphatic carbocycles. The Morgan fingerprint density at radius 2 is 2.47 bits per heavy atom. The molecule has 0 aliphatic heterocycles. The molecule has 0 bridgehead atoms. The summed E-state index contributed by atoms with van der Waals surface area (Å²) in [5.41, 5.74) is 0. The highest BCUT2D eigenvalue weighted by Gasteiger charge is 2.05. The Morgan fingerprint density at radius 3 is 3.07 bits per heavy atom. The highest BCUT2D eigenvalue weighted by molar-refractivity contribution is 5.89. The zero-order valence-corrected chi connectivity index (χ0v) is 7.87. The van der Waals surface area contributed by atoms with Crippen molar-refractivity contribution in [3.8, 4) is 0 Å². The molecule has 0 spiro atoms. The van der Waals surface area contributed by atoms with Gasteiger partial charge in [0.1, 0.15) is 12.4 Å². The molecule has 1 heterocycles. The fourth-order valence-corrected chi connectivity index (χ4v) is 0.875. The summed E-state index contributed by atoms with van der Waals surface area (Å²) in [6, 6.07) is 1.58. The number of anilines is 1. The lowest BCUT2D eigenvalue weighted by molar-refractivity contribution is -0.117. The number of amides is 1. The molecular weight excluding hydrogens is 208 g/mol. The Bertz CT molecular complexity index is 290. The zero-order valence-electron chi connectivity index (χ0n) is 7.87. The molecule has 1 rings (SSSR count). The molecule has 1 aromatic heterocycles. The van der Waals surface area contributed by atoms with Gasteiger partial charge in [-0.2, -0.15) is 5.10 Å². The summed E-state index contributed by atoms with van der Waals surface area (Å²) in [5, 5.41) is 8.64. The minimum atomic E-state index is -2.50. The summed E-state index contributed by atoms with van der Waals surface area (Å²) < 4.78 is 27.8. The van der Waals surface area contributed by atoms with E-state index < -0.39 is 13.0 Å². The molecule has 0 aromatic carbocycles. The van der Waals surface area contributed by atoms with Crippen molar-refractivity contribution in [2.24, 2.45) is 0 Å². The van der Waals surface area contributed by atoms with Crippen LogP contribution in [0.2, 0.25) is 0 Å². The van der Waals surface area contributed by atoms with Crippen LogP contribution in [0, 0.1) is 0 Å². The monoisotopic (exact) mass is 219 g/mol. The molecule has 15 heavy (non-hydrogen) atoms. The van der Waals surface area contributed by atoms with Gasteiger partial charge in [0.05, 0.1) is 19.2 Å². The van der Waals surface area contributed by atoms with E-state index in [9.17, 15) is 13.6 Å². The number of H-pyrrole nitrogens is 1. The van der Waals surface area contributed by atoms with Crippen molar-refractivity contribution in [3.05, 3.63) is 12.3 Å². The molecule has 0 fully saturated rings. The van der Waals surface area contributed by atoms with E-state index in [2.05, 4.69) is 20.3 Å². The first-order chi connectivity index (χ1) is 7.18. The lowest BCUT2D eigenvalue weighted by Crippen LogP contribution is -2.15. The fourth-order valence-electron chi connectivity index (χ4n) is 0.875. The van der Waals surface area contributed by atoms with Crippen LogP contribution in [0.5, 0.6) is 0 Å². The molecule has 84 valence electrons. The first-order valence-corrected chi connectivity index (χ1v) is 4.33. The van der Waals surface area contributed by atoms with Crippen molar-refractivity contribution in [1.82, 2.24) is 10.2 Å². The number of rotatable bonds is 6. The summed E-state index contributed by atoms with van der Waals surface area (Å²) in [6.45, 7) is -0.665. The normalized spacial score (nSPS) is 10.6. The van der Waals surface area contributed by atoms with E-state index in [-0.39, 0.29) is 18.9 Å². The number of carbonyl (C=O) groups excluding carboxylic acids is 1. The number of carbonyl (C=O) groups is 1. The second-order valence-corrected chi connectivity index (χ2v) is 2.73. The SMILES string of the molecule is O=C(CCOCC(F)F)Nc1ccn[nH]1. The molecule has 2 N–H and O–H groups in total. The van der Waals surface area contributed by atoms with Crippen molar-refractivity contribution >= 4 is 11.7 Å². The maximum atomic E-state index is 11.6. The van der Waals surface area contributed by atoms with E-state index in [0.29, 0.717) is 5.82 Å². The highest BCUT2D eigenvalue weighted by atomic mass is 19.3. The predicted octanol–water partition coefficient (Wildman–Crippen LogP) is 1.02. The number of aromatic nitrogens is 2. The molecule has 0 radical (unpaired) electrons. The molecule has 7 heteroatoms. The van der Waals surface area contributed by atoms with Crippen LogP contribution < -0.4 is 5.32 Å². The average molecular weight is 219 g/mol. The van der Waals surface area contributed by atoms with E-state index >= 15 is 0 Å². The minimum Gasteiger partial charge on any atom is -0.375 e. The van der Waals surface area contributed by atoms with Gasteiger partial charge in [0, 0.05) is 6.07 Å². The first kappa shape index (κ1) is 11.6. The number of ether oxygens (including phenoxy) is 1. The number of nitrogens with one attached hydrogen (secondary N) is 2. The van der Waals surface area contributed by atoms with E-state index in [1.54, 1.807) is 6.07 Å². The Balaban J connectivity index is 2.09. The Hall–Kier alpha value is -1.50. The molecule has 1 aromatic rings. The third-order valence-corrected chi connectivity index (χ3v) is 1.49. The van der Waals surface area contributed by atoms with Crippen molar-refractivity contribution in [2.75, 3.05) is 18.5 Å². The van der Waals surface area contributed by atoms with Crippen LogP contribution >= 0.6 is 0 Å². The number of halogens is 2. The van der Waals surface area contributed by atoms with E-state index in [0.717, 1.165) is 0 Å². The van der Waals surface area contributed by atoms with E-state index in [1.165, 1.54) is 6.20 Å². The summed E-state index contributed by atoms with van der Waals surface area (Å²) in [4.78, 5) is 11.1. The standard InChI is InChI=1S/C8H11F2N3O2/c9-6(10)5-15-4-2-8(14)12-7-1-3-11-13-7/h1,3,6H,2,4-5H2,(H2,11,12,13,14). The van der Waals surface area contributed by atoms with Gasteiger partial charge in [0.25, 0.3) is 6.43 Å². The molecule has 0 aliphatic rings. The lowest BCUT2D eigenvalue weighted by Gasteiger charge is -2.03. The molecule has 0 saturated heterocycles. The minimum absolute atomic E-state index is 0.0235. The van der Waals surface area contributed by atoms with Crippen LogP contribution in [-0.4, -0.2) is 35.7 Å². The highest BCUT2D eigenvalue weighted by Crippen LogP contribution is 2.00. The van der Waals surface area contributed by atoms with Crippen LogP contribution in [0.1, 0.15) is 6.42 Å². The molecule has 5 nitrogen and oxygen atoms in total. The van der Waals surface area contributed by atoms with Gasteiger partial charge in [-0.25, -0.2) is 8.78 Å². The lowest BCUT2D eigenvalue weighted by atomic mass is 10.4. The number of nitrogens with zero attached hydrogens (tertiary/aromatic N) is 1. The van der Waals surface area contributed by atoms with Gasteiger partial charge in [-0.3, -0.25) is 9.89 Å². The number of hydrogen-bond acceptors (Lipinski definition) is 3. The number of aromatic amines is 1. The van der Waals surface area contributed by atoms with Gasteiger partial charge in [0.15, 0.2) is 0 Å². The molecule has 0 atom stereocenters. The Kier molecular flexibility index (Phi) is 4.69. The second-order valence-electron chi connectivity index (χ2n) is 2.73. The van der Waals surface area contributed by atoms with Gasteiger partial charge in [0.2, 0.25) is 5.91 Å². The maximum absolute atomic E-state index is 11.6. The summed E-state index contributed by atoms with van der Waals surface area (Å²) in [7, 11) is 0. The smallest absolute Gasteiger partial charge is 0.261 e. The zero-order chi connectivity index (χ0) is 11.1. The van der Waals surface area contributed by atoms with Crippen LogP contribution in [0.4, 0.5) is 14.6 Å². The summed E-state index contributed by atoms with van der Waals surface area (Å²) in [6.07, 6.45) is -0.977. The van der Waals surface area contributed by atoms with E-state index in [1.807, 2.05) is 0 Å². The third kappa shape index (κ3) is 5.06. The van der Waals surface area contributed by atoms with E-state index in [4.69, 9.17) is 0 Å².